The molecule has 0 aliphatic rings. The Kier molecular flexibility index (Phi) is 8.19. The van der Waals surface area contributed by atoms with Gasteiger partial charge in [0.05, 0.1) is 5.69 Å². The number of nitrogens with zero attached hydrogens (tertiary/aromatic N) is 1. The van der Waals surface area contributed by atoms with Crippen molar-refractivity contribution in [3.63, 3.8) is 0 Å². The predicted molar refractivity (Wildman–Crippen MR) is 182 cm³/mol. The summed E-state index contributed by atoms with van der Waals surface area (Å²) in [5.74, 6) is 0. The van der Waals surface area contributed by atoms with Gasteiger partial charge in [0.1, 0.15) is 0 Å². The molecule has 3 heteroatoms. The van der Waals surface area contributed by atoms with E-state index >= 15 is 0 Å². The van der Waals surface area contributed by atoms with Crippen LogP contribution >= 0.6 is 27.5 Å². The van der Waals surface area contributed by atoms with E-state index in [1.165, 1.54) is 27.8 Å². The molecule has 0 amide bonds. The molecular formula is C38H37BrClN. The second-order valence-corrected chi connectivity index (χ2v) is 14.0. The van der Waals surface area contributed by atoms with Gasteiger partial charge in [-0.1, -0.05) is 148 Å². The van der Waals surface area contributed by atoms with Crippen LogP contribution in [0.2, 0.25) is 5.02 Å². The molecule has 0 bridgehead atoms. The Bertz CT molecular complexity index is 1640. The van der Waals surface area contributed by atoms with Gasteiger partial charge in [0, 0.05) is 26.4 Å². The third-order valence-corrected chi connectivity index (χ3v) is 8.14. The van der Waals surface area contributed by atoms with Crippen LogP contribution in [0.3, 0.4) is 0 Å². The molecule has 0 radical (unpaired) electrons. The highest BCUT2D eigenvalue weighted by Gasteiger charge is 2.23. The van der Waals surface area contributed by atoms with Crippen molar-refractivity contribution >= 4 is 44.6 Å². The van der Waals surface area contributed by atoms with Crippen LogP contribution in [0.1, 0.15) is 52.7 Å². The number of para-hydroxylation sites is 1. The van der Waals surface area contributed by atoms with Gasteiger partial charge in [0.2, 0.25) is 0 Å². The summed E-state index contributed by atoms with van der Waals surface area (Å²) in [5.41, 5.74) is 10.8. The van der Waals surface area contributed by atoms with Gasteiger partial charge in [0.25, 0.3) is 0 Å². The summed E-state index contributed by atoms with van der Waals surface area (Å²) < 4.78 is 0.938. The Morgan fingerprint density at radius 2 is 1.20 bits per heavy atom. The number of hydrogen-bond acceptors (Lipinski definition) is 1. The Balaban J connectivity index is 1.66. The molecule has 0 saturated carbocycles. The van der Waals surface area contributed by atoms with E-state index in [4.69, 9.17) is 11.6 Å². The van der Waals surface area contributed by atoms with E-state index in [9.17, 15) is 0 Å². The molecule has 0 N–H and O–H groups in total. The van der Waals surface area contributed by atoms with E-state index in [1.807, 2.05) is 12.1 Å². The van der Waals surface area contributed by atoms with Crippen LogP contribution in [0, 0.1) is 0 Å². The van der Waals surface area contributed by atoms with E-state index in [0.29, 0.717) is 5.02 Å². The first-order chi connectivity index (χ1) is 19.4. The first-order valence-electron chi connectivity index (χ1n) is 14.1. The Labute approximate surface area is 259 Å². The van der Waals surface area contributed by atoms with Crippen LogP contribution in [0.5, 0.6) is 0 Å². The fourth-order valence-corrected chi connectivity index (χ4v) is 6.14. The third kappa shape index (κ3) is 6.45. The zero-order valence-electron chi connectivity index (χ0n) is 24.7. The molecule has 208 valence electrons. The van der Waals surface area contributed by atoms with Gasteiger partial charge in [-0.3, -0.25) is 0 Å². The van der Waals surface area contributed by atoms with Crippen molar-refractivity contribution in [3.8, 4) is 22.3 Å². The zero-order chi connectivity index (χ0) is 29.4. The minimum absolute atomic E-state index is 0.0169. The molecule has 0 heterocycles. The SMILES string of the molecule is CC(C)(C)c1ccc(-c2ccc(N(c3cc(Cl)cc(Br)c3)c3ccccc3-c3ccccc3)cc2)c(C(C)(C)C)c1. The molecule has 5 aromatic rings. The summed E-state index contributed by atoms with van der Waals surface area (Å²) in [4.78, 5) is 2.29. The number of hydrogen-bond donors (Lipinski definition) is 0. The summed E-state index contributed by atoms with van der Waals surface area (Å²) in [6.45, 7) is 13.7. The molecule has 5 aromatic carbocycles. The van der Waals surface area contributed by atoms with E-state index < -0.39 is 0 Å². The maximum Gasteiger partial charge on any atom is 0.0540 e. The smallest absolute Gasteiger partial charge is 0.0540 e. The normalized spacial score (nSPS) is 11.9. The molecular weight excluding hydrogens is 586 g/mol. The van der Waals surface area contributed by atoms with Crippen molar-refractivity contribution < 1.29 is 0 Å². The molecule has 41 heavy (non-hydrogen) atoms. The van der Waals surface area contributed by atoms with Crippen LogP contribution < -0.4 is 4.90 Å². The Morgan fingerprint density at radius 3 is 1.83 bits per heavy atom. The molecule has 0 unspecified atom stereocenters. The first kappa shape index (κ1) is 29.2. The van der Waals surface area contributed by atoms with Gasteiger partial charge in [-0.25, -0.2) is 0 Å². The highest BCUT2D eigenvalue weighted by molar-refractivity contribution is 9.10. The predicted octanol–water partition coefficient (Wildman–Crippen LogP) is 12.5. The van der Waals surface area contributed by atoms with E-state index in [-0.39, 0.29) is 10.8 Å². The summed E-state index contributed by atoms with van der Waals surface area (Å²) >= 11 is 10.2. The third-order valence-electron chi connectivity index (χ3n) is 7.47. The zero-order valence-corrected chi connectivity index (χ0v) is 27.0. The highest BCUT2D eigenvalue weighted by atomic mass is 79.9. The lowest BCUT2D eigenvalue weighted by Gasteiger charge is -2.29. The van der Waals surface area contributed by atoms with E-state index in [2.05, 4.69) is 166 Å². The Hall–Kier alpha value is -3.33. The first-order valence-corrected chi connectivity index (χ1v) is 15.2. The molecule has 0 spiro atoms. The van der Waals surface area contributed by atoms with Crippen molar-refractivity contribution in [1.82, 2.24) is 0 Å². The number of rotatable bonds is 5. The van der Waals surface area contributed by atoms with Crippen molar-refractivity contribution in [1.29, 1.82) is 0 Å². The second kappa shape index (κ2) is 11.5. The quantitative estimate of drug-likeness (QED) is 0.188. The maximum absolute atomic E-state index is 6.58. The van der Waals surface area contributed by atoms with Crippen molar-refractivity contribution in [2.45, 2.75) is 52.4 Å². The average molecular weight is 623 g/mol. The van der Waals surface area contributed by atoms with Crippen LogP contribution in [0.4, 0.5) is 17.1 Å². The van der Waals surface area contributed by atoms with Crippen LogP contribution in [0.15, 0.2) is 120 Å². The minimum atomic E-state index is 0.0169. The number of benzene rings is 5. The minimum Gasteiger partial charge on any atom is -0.310 e. The Morgan fingerprint density at radius 1 is 0.561 bits per heavy atom. The van der Waals surface area contributed by atoms with Crippen LogP contribution in [-0.4, -0.2) is 0 Å². The van der Waals surface area contributed by atoms with Gasteiger partial charge in [0.15, 0.2) is 0 Å². The lowest BCUT2D eigenvalue weighted by molar-refractivity contribution is 0.570. The van der Waals surface area contributed by atoms with Gasteiger partial charge in [-0.15, -0.1) is 0 Å². The summed E-state index contributed by atoms with van der Waals surface area (Å²) in [5, 5.41) is 0.682. The molecule has 5 rings (SSSR count). The summed E-state index contributed by atoms with van der Waals surface area (Å²) in [7, 11) is 0. The fourth-order valence-electron chi connectivity index (χ4n) is 5.30. The molecule has 0 aliphatic heterocycles. The topological polar surface area (TPSA) is 3.24 Å². The van der Waals surface area contributed by atoms with Crippen molar-refractivity contribution in [2.75, 3.05) is 4.90 Å². The van der Waals surface area contributed by atoms with E-state index in [1.54, 1.807) is 0 Å². The molecule has 0 saturated heterocycles. The average Bonchev–Trinajstić information content (AvgIpc) is 2.93. The van der Waals surface area contributed by atoms with Crippen LogP contribution in [-0.2, 0) is 10.8 Å². The van der Waals surface area contributed by atoms with Gasteiger partial charge in [-0.2, -0.15) is 0 Å². The molecule has 0 fully saturated rings. The van der Waals surface area contributed by atoms with E-state index in [0.717, 1.165) is 27.1 Å². The molecule has 0 aliphatic carbocycles. The number of halogens is 2. The largest absolute Gasteiger partial charge is 0.310 e. The second-order valence-electron chi connectivity index (χ2n) is 12.7. The summed E-state index contributed by atoms with van der Waals surface area (Å²) in [6.07, 6.45) is 0. The van der Waals surface area contributed by atoms with Crippen molar-refractivity contribution in [3.05, 3.63) is 136 Å². The monoisotopic (exact) mass is 621 g/mol. The fraction of sp³-hybridized carbons (Fsp3) is 0.211. The highest BCUT2D eigenvalue weighted by Crippen LogP contribution is 2.43. The number of anilines is 3. The standard InChI is InChI=1S/C38H37BrClN/c1-37(2,3)28-18-21-33(35(22-28)38(4,5)6)27-16-19-31(20-17-27)41(32-24-29(39)23-30(40)25-32)36-15-11-10-14-34(36)26-12-8-7-9-13-26/h7-25H,1-6H3. The van der Waals surface area contributed by atoms with Gasteiger partial charge in [-0.05, 0) is 75.0 Å². The molecule has 0 atom stereocenters. The maximum atomic E-state index is 6.58. The lowest BCUT2D eigenvalue weighted by atomic mass is 9.77. The van der Waals surface area contributed by atoms with Crippen LogP contribution in [0.25, 0.3) is 22.3 Å². The van der Waals surface area contributed by atoms with Crippen molar-refractivity contribution in [2.24, 2.45) is 0 Å². The lowest BCUT2D eigenvalue weighted by Crippen LogP contribution is -2.17. The molecule has 1 nitrogen and oxygen atoms in total. The van der Waals surface area contributed by atoms with Gasteiger partial charge >= 0.3 is 0 Å². The summed E-state index contributed by atoms with van der Waals surface area (Å²) in [6, 6.07) is 41.0. The molecule has 0 aromatic heterocycles. The van der Waals surface area contributed by atoms with Gasteiger partial charge < -0.3 is 4.90 Å².